The van der Waals surface area contributed by atoms with E-state index >= 15 is 0 Å². The Morgan fingerprint density at radius 3 is 0.562 bits per heavy atom. The standard InChI is InChI=1S/2C3H6O3.C3H6O.6C3H6.CO2.CH4O.5CH4.9CH3.3Co.HOP.6H2O/c2*1-2-6-3(4)5;1-3-2-4-3;6*1-3-2;2-1-3;1-2;;;;;;;;;;;;;;;;;;1-2;;;;;;/h2*2H2,1H3,(H,4,5);3H,2H2,1H3;6*1-3H2;;2H,1H3;5*1H4;9*1H3;;;;2H;6*1H2/q;;;6*+2;;;;;;;;9*-1;3*+2;;;;;;;. The summed E-state index contributed by atoms with van der Waals surface area (Å²) in [5.41, 5.74) is 0. The van der Waals surface area contributed by atoms with Gasteiger partial charge < -0.3 is 129 Å². The van der Waals surface area contributed by atoms with Crippen LogP contribution in [0.1, 0.15) is 96.4 Å². The molecule has 0 aromatic carbocycles. The Bertz CT molecular complexity index is 369. The van der Waals surface area contributed by atoms with Gasteiger partial charge in [-0.1, -0.05) is 37.1 Å². The molecule has 21 heteroatoms. The Morgan fingerprint density at radius 1 is 0.500 bits per heavy atom. The third-order valence-electron chi connectivity index (χ3n) is 1.04. The van der Waals surface area contributed by atoms with Gasteiger partial charge in [-0.2, -0.15) is 9.59 Å². The Morgan fingerprint density at radius 2 is 0.562 bits per heavy atom. The first-order chi connectivity index (χ1) is 19.3. The number of aliphatic hydroxyl groups excluding tert-OH is 1. The van der Waals surface area contributed by atoms with Crippen molar-refractivity contribution in [2.24, 2.45) is 0 Å². The van der Waals surface area contributed by atoms with Crippen LogP contribution < -0.4 is 0 Å². The molecule has 3 radical (unpaired) electrons. The van der Waals surface area contributed by atoms with Crippen molar-refractivity contribution in [3.8, 4) is 0 Å². The van der Waals surface area contributed by atoms with Gasteiger partial charge in [0.2, 0.25) is 38.5 Å². The molecule has 17 nitrogen and oxygen atoms in total. The zero-order chi connectivity index (χ0) is 35.9. The molecule has 1 aliphatic heterocycles. The number of carboxylic acid groups (broad SMARTS) is 2. The van der Waals surface area contributed by atoms with Crippen LogP contribution in [0.5, 0.6) is 0 Å². The summed E-state index contributed by atoms with van der Waals surface area (Å²) in [6, 6.07) is 0. The average molecular weight is 1120 g/mol. The molecule has 0 aliphatic carbocycles. The van der Waals surface area contributed by atoms with Crippen molar-refractivity contribution >= 4 is 27.6 Å². The summed E-state index contributed by atoms with van der Waals surface area (Å²) >= 11 is 0. The summed E-state index contributed by atoms with van der Waals surface area (Å²) in [4.78, 5) is 35.0. The van der Waals surface area contributed by atoms with Crippen molar-refractivity contribution in [1.29, 1.82) is 0 Å². The molecule has 415 valence electrons. The normalized spacial score (nSPS) is 5.67. The molecule has 0 spiro atoms. The van der Waals surface area contributed by atoms with Gasteiger partial charge in [0.05, 0.1) is 25.9 Å². The molecule has 1 fully saturated rings. The van der Waals surface area contributed by atoms with Gasteiger partial charge in [-0.15, -0.1) is 0 Å². The minimum atomic E-state index is -1.21. The van der Waals surface area contributed by atoms with Crippen molar-refractivity contribution in [3.63, 3.8) is 0 Å². The smallest absolute Gasteiger partial charge is 0.450 e. The molecule has 1 saturated heterocycles. The second kappa shape index (κ2) is 559. The van der Waals surface area contributed by atoms with Crippen LogP contribution >= 0.6 is 9.12 Å². The molecule has 1 unspecified atom stereocenters. The molecule has 15 N–H and O–H groups in total. The van der Waals surface area contributed by atoms with Crippen molar-refractivity contribution in [1.82, 2.24) is 0 Å². The number of carbonyl (C=O) groups excluding carboxylic acids is 2. The molecule has 0 bridgehead atoms. The van der Waals surface area contributed by atoms with E-state index in [0.717, 1.165) is 52.2 Å². The average Bonchev–Trinajstić information content (AvgIpc) is 3.68. The van der Waals surface area contributed by atoms with Crippen LogP contribution in [0.3, 0.4) is 0 Å². The van der Waals surface area contributed by atoms with E-state index in [9.17, 15) is 9.59 Å². The van der Waals surface area contributed by atoms with Gasteiger partial charge in [0.1, 0.15) is 92.2 Å². The largest absolute Gasteiger partial charge is 2.00 e. The molecule has 1 atom stereocenters. The second-order valence-electron chi connectivity index (χ2n) is 4.75. The van der Waals surface area contributed by atoms with E-state index in [1.165, 1.54) is 0 Å². The maximum Gasteiger partial charge on any atom is 2.00 e. The van der Waals surface area contributed by atoms with E-state index in [2.05, 4.69) is 99.5 Å². The summed E-state index contributed by atoms with van der Waals surface area (Å²) in [5, 5.41) is 22.4. The molecule has 1 rings (SSSR count). The Balaban J connectivity index is -0.00000000470. The summed E-state index contributed by atoms with van der Waals surface area (Å²) in [6.45, 7) is 47.2. The van der Waals surface area contributed by atoms with E-state index in [-0.39, 0.29) is 207 Å². The first-order valence-corrected chi connectivity index (χ1v) is 12.2. The number of carbonyl (C=O) groups is 2. The van der Waals surface area contributed by atoms with Crippen LogP contribution in [0.4, 0.5) is 9.59 Å². The molecule has 0 saturated carbocycles. The predicted octanol–water partition coefficient (Wildman–Crippen LogP) is 9.85. The zero-order valence-corrected chi connectivity index (χ0v) is 43.2. The number of ether oxygens (including phenoxy) is 3. The minimum absolute atomic E-state index is 0. The van der Waals surface area contributed by atoms with Crippen molar-refractivity contribution < 1.29 is 136 Å². The van der Waals surface area contributed by atoms with Crippen molar-refractivity contribution in [3.05, 3.63) is 150 Å². The van der Waals surface area contributed by atoms with Gasteiger partial charge in [0.25, 0.3) is 0 Å². The van der Waals surface area contributed by atoms with Gasteiger partial charge in [0, 0.05) is 7.11 Å². The van der Waals surface area contributed by atoms with Gasteiger partial charge >= 0.3 is 68.8 Å². The van der Waals surface area contributed by atoms with Crippen LogP contribution in [0.15, 0.2) is 0 Å². The van der Waals surface area contributed by atoms with Gasteiger partial charge in [-0.25, -0.2) is 9.59 Å². The minimum Gasteiger partial charge on any atom is -0.450 e. The van der Waals surface area contributed by atoms with Crippen LogP contribution in [0.25, 0.3) is 0 Å². The molecule has 1 aliphatic rings. The fourth-order valence-electron chi connectivity index (χ4n) is 0.343. The summed E-state index contributed by atoms with van der Waals surface area (Å²) < 4.78 is 20.7. The van der Waals surface area contributed by atoms with Crippen LogP contribution in [-0.2, 0) is 78.7 Å². The Hall–Kier alpha value is -2.34. The van der Waals surface area contributed by atoms with E-state index in [4.69, 9.17) is 34.2 Å². The van der Waals surface area contributed by atoms with E-state index in [1.54, 1.807) is 23.0 Å². The fraction of sp³-hybridized carbons (Fsp3) is 0.442. The number of rotatable bonds is 2. The summed E-state index contributed by atoms with van der Waals surface area (Å²) in [7, 11) is 2.72. The number of hydrogen-bond acceptors (Lipinski definition) is 9. The first kappa shape index (κ1) is 297. The van der Waals surface area contributed by atoms with E-state index in [1.807, 2.05) is 0 Å². The predicted molar refractivity (Wildman–Crippen MR) is 282 cm³/mol. The molecular formula is C43H118Co3O17P+9. The quantitative estimate of drug-likeness (QED) is 0.101. The van der Waals surface area contributed by atoms with E-state index in [0.29, 0.717) is 6.10 Å². The second-order valence-corrected chi connectivity index (χ2v) is 4.75. The zero-order valence-electron chi connectivity index (χ0n) is 39.0. The van der Waals surface area contributed by atoms with Gasteiger partial charge in [-0.3, -0.25) is 4.57 Å². The maximum atomic E-state index is 9.38. The van der Waals surface area contributed by atoms with Crippen LogP contribution in [0, 0.1) is 150 Å². The first-order valence-electron chi connectivity index (χ1n) is 11.8. The Labute approximate surface area is 441 Å². The monoisotopic (exact) mass is 1110 g/mol. The molecular weight excluding hydrogens is 996 g/mol. The Kier molecular flexibility index (Phi) is 2590. The number of epoxide rings is 1. The summed E-state index contributed by atoms with van der Waals surface area (Å²) in [5.74, 6) is 0. The van der Waals surface area contributed by atoms with Crippen molar-refractivity contribution in [2.75, 3.05) is 26.9 Å². The van der Waals surface area contributed by atoms with Crippen LogP contribution in [-0.4, -0.2) is 99.7 Å². The maximum absolute atomic E-state index is 9.38. The summed E-state index contributed by atoms with van der Waals surface area (Å²) in [6.07, 6.45) is 2.91. The number of hydrogen-bond donors (Lipinski definition) is 3. The third-order valence-corrected chi connectivity index (χ3v) is 1.04. The van der Waals surface area contributed by atoms with E-state index < -0.39 is 12.3 Å². The molecule has 0 amide bonds. The van der Waals surface area contributed by atoms with Crippen LogP contribution in [0.2, 0.25) is 0 Å². The molecule has 1 heterocycles. The molecule has 64 heavy (non-hydrogen) atoms. The third kappa shape index (κ3) is 4630. The molecule has 0 aromatic rings. The topological polar surface area (TPSA) is 366 Å². The SMILES string of the molecule is C.C.C.C.C.CC1CO1.CCOC(=O)O.CCOC(=O)O.CO.O.O.O.O.O.O.O=C=O.O=P.[CH2+]C[CH2+].[CH2+]C[CH2+].[CH2+]C[CH2+].[CH2+]C[CH2+].[CH2+]C[CH2+].[CH2+]C[CH2+].[CH3-].[CH3-].[CH3-].[CH3-].[CH3-].[CH3-].[CH3-].[CH3-].[CH3-].[Co+2].[Co+2].[Co+2]. The fourth-order valence-corrected chi connectivity index (χ4v) is 0.343. The van der Waals surface area contributed by atoms with Crippen molar-refractivity contribution in [2.45, 2.75) is 103 Å². The van der Waals surface area contributed by atoms with Gasteiger partial charge in [0.15, 0.2) is 0 Å². The molecule has 0 aromatic heterocycles. The van der Waals surface area contributed by atoms with Gasteiger partial charge in [-0.05, 0) is 20.8 Å². The number of aliphatic hydroxyl groups is 1.